The van der Waals surface area contributed by atoms with Gasteiger partial charge in [-0.1, -0.05) is 26.0 Å². The molecule has 4 heteroatoms. The van der Waals surface area contributed by atoms with E-state index in [1.54, 1.807) is 0 Å². The summed E-state index contributed by atoms with van der Waals surface area (Å²) in [5.74, 6) is 0. The molecule has 0 aromatic rings. The molecule has 0 radical (unpaired) electrons. The average molecular weight is 260 g/mol. The van der Waals surface area contributed by atoms with Gasteiger partial charge in [0.1, 0.15) is 0 Å². The highest BCUT2D eigenvalue weighted by Gasteiger charge is 2.46. The van der Waals surface area contributed by atoms with E-state index in [0.29, 0.717) is 19.8 Å². The van der Waals surface area contributed by atoms with Crippen LogP contribution in [0.4, 0.5) is 0 Å². The van der Waals surface area contributed by atoms with E-state index in [0.717, 1.165) is 12.8 Å². The van der Waals surface area contributed by atoms with Gasteiger partial charge in [-0.3, -0.25) is 0 Å². The minimum absolute atomic E-state index is 0.266. The molecule has 0 aliphatic rings. The maximum atomic E-state index is 5.90. The maximum Gasteiger partial charge on any atom is 0.508 e. The van der Waals surface area contributed by atoms with Crippen LogP contribution in [0.3, 0.4) is 0 Å². The van der Waals surface area contributed by atoms with Crippen LogP contribution in [0, 0.1) is 0 Å². The van der Waals surface area contributed by atoms with E-state index >= 15 is 0 Å². The fourth-order valence-electron chi connectivity index (χ4n) is 1.85. The number of allylic oxidation sites excluding steroid dienone is 2. The Bertz CT molecular complexity index is 190. The molecule has 0 rings (SSSR count). The predicted molar refractivity (Wildman–Crippen MR) is 74.1 cm³/mol. The Hall–Kier alpha value is -0.163. The van der Waals surface area contributed by atoms with Crippen LogP contribution in [0.1, 0.15) is 47.5 Å². The van der Waals surface area contributed by atoms with Crippen molar-refractivity contribution in [3.63, 3.8) is 0 Å². The van der Waals surface area contributed by atoms with Crippen molar-refractivity contribution in [2.45, 2.75) is 53.0 Å². The molecule has 1 atom stereocenters. The summed E-state index contributed by atoms with van der Waals surface area (Å²) >= 11 is 0. The van der Waals surface area contributed by atoms with Crippen LogP contribution in [-0.4, -0.2) is 28.6 Å². The molecule has 0 saturated heterocycles. The highest BCUT2D eigenvalue weighted by Crippen LogP contribution is 2.30. The Kier molecular flexibility index (Phi) is 9.73. The second kappa shape index (κ2) is 9.83. The van der Waals surface area contributed by atoms with Gasteiger partial charge in [-0.05, 0) is 33.6 Å². The van der Waals surface area contributed by atoms with E-state index in [1.807, 2.05) is 20.8 Å². The van der Waals surface area contributed by atoms with Crippen LogP contribution in [0.5, 0.6) is 0 Å². The van der Waals surface area contributed by atoms with Gasteiger partial charge in [0.2, 0.25) is 0 Å². The van der Waals surface area contributed by atoms with Gasteiger partial charge in [0.05, 0.1) is 0 Å². The first-order valence-electron chi connectivity index (χ1n) is 6.79. The van der Waals surface area contributed by atoms with Crippen LogP contribution >= 0.6 is 0 Å². The topological polar surface area (TPSA) is 27.7 Å². The Morgan fingerprint density at radius 3 is 1.65 bits per heavy atom. The fraction of sp³-hybridized carbons (Fsp3) is 0.846. The molecular weight excluding hydrogens is 232 g/mol. The smallest absolute Gasteiger partial charge is 0.373 e. The summed E-state index contributed by atoms with van der Waals surface area (Å²) in [6, 6.07) is 0. The molecular formula is C13H28O3Si. The van der Waals surface area contributed by atoms with Crippen molar-refractivity contribution in [1.29, 1.82) is 0 Å². The van der Waals surface area contributed by atoms with Crippen molar-refractivity contribution >= 4 is 8.80 Å². The van der Waals surface area contributed by atoms with Crippen molar-refractivity contribution in [3.05, 3.63) is 12.2 Å². The zero-order chi connectivity index (χ0) is 13.1. The van der Waals surface area contributed by atoms with Crippen LogP contribution in [0.25, 0.3) is 0 Å². The Labute approximate surface area is 108 Å². The van der Waals surface area contributed by atoms with E-state index in [9.17, 15) is 0 Å². The van der Waals surface area contributed by atoms with Gasteiger partial charge in [0.15, 0.2) is 0 Å². The third kappa shape index (κ3) is 5.34. The fourth-order valence-corrected chi connectivity index (χ4v) is 4.83. The van der Waals surface area contributed by atoms with Crippen molar-refractivity contribution in [2.75, 3.05) is 19.8 Å². The molecule has 0 N–H and O–H groups in total. The van der Waals surface area contributed by atoms with E-state index < -0.39 is 8.80 Å². The second-order valence-corrected chi connectivity index (χ2v) is 6.57. The van der Waals surface area contributed by atoms with Crippen LogP contribution in [0.2, 0.25) is 5.54 Å². The summed E-state index contributed by atoms with van der Waals surface area (Å²) < 4.78 is 17.7. The Balaban J connectivity index is 4.96. The summed E-state index contributed by atoms with van der Waals surface area (Å²) in [5.41, 5.74) is 0.266. The van der Waals surface area contributed by atoms with Gasteiger partial charge < -0.3 is 13.3 Å². The molecule has 102 valence electrons. The van der Waals surface area contributed by atoms with Crippen LogP contribution in [-0.2, 0) is 13.3 Å². The Morgan fingerprint density at radius 1 is 0.882 bits per heavy atom. The van der Waals surface area contributed by atoms with Gasteiger partial charge in [0, 0.05) is 25.4 Å². The molecule has 0 aliphatic heterocycles. The van der Waals surface area contributed by atoms with Gasteiger partial charge in [0.25, 0.3) is 0 Å². The lowest BCUT2D eigenvalue weighted by atomic mass is 10.3. The summed E-state index contributed by atoms with van der Waals surface area (Å²) in [4.78, 5) is 0. The third-order valence-electron chi connectivity index (χ3n) is 2.53. The van der Waals surface area contributed by atoms with Crippen molar-refractivity contribution < 1.29 is 13.3 Å². The molecule has 0 aromatic heterocycles. The molecule has 0 bridgehead atoms. The largest absolute Gasteiger partial charge is 0.508 e. The maximum absolute atomic E-state index is 5.90. The first-order chi connectivity index (χ1) is 8.20. The molecule has 0 saturated carbocycles. The molecule has 0 aromatic carbocycles. The first kappa shape index (κ1) is 16.8. The molecule has 0 fully saturated rings. The molecule has 0 aliphatic carbocycles. The van der Waals surface area contributed by atoms with Gasteiger partial charge in [-0.2, -0.15) is 0 Å². The van der Waals surface area contributed by atoms with E-state index in [4.69, 9.17) is 13.3 Å². The van der Waals surface area contributed by atoms with Gasteiger partial charge in [-0.25, -0.2) is 0 Å². The SMILES string of the molecule is CCC=CC(CC)[Si](OCC)(OCC)OCC. The standard InChI is InChI=1S/C13H28O3Si/c1-6-11-12-13(7-2)17(14-8-3,15-9-4)16-10-5/h11-13H,6-10H2,1-5H3. The lowest BCUT2D eigenvalue weighted by Crippen LogP contribution is -2.49. The zero-order valence-corrected chi connectivity index (χ0v) is 13.0. The van der Waals surface area contributed by atoms with E-state index in [1.165, 1.54) is 0 Å². The lowest BCUT2D eigenvalue weighted by Gasteiger charge is -2.33. The van der Waals surface area contributed by atoms with Crippen molar-refractivity contribution in [3.8, 4) is 0 Å². The normalized spacial score (nSPS) is 14.4. The molecule has 3 nitrogen and oxygen atoms in total. The molecule has 0 spiro atoms. The van der Waals surface area contributed by atoms with Gasteiger partial charge in [-0.15, -0.1) is 0 Å². The predicted octanol–water partition coefficient (Wildman–Crippen LogP) is 3.78. The average Bonchev–Trinajstić information content (AvgIpc) is 2.31. The lowest BCUT2D eigenvalue weighted by molar-refractivity contribution is 0.0648. The first-order valence-corrected chi connectivity index (χ1v) is 8.59. The monoisotopic (exact) mass is 260 g/mol. The summed E-state index contributed by atoms with van der Waals surface area (Å²) in [6.45, 7) is 12.2. The molecule has 0 amide bonds. The third-order valence-corrected chi connectivity index (χ3v) is 6.12. The van der Waals surface area contributed by atoms with E-state index in [2.05, 4.69) is 26.0 Å². The van der Waals surface area contributed by atoms with Crippen molar-refractivity contribution in [1.82, 2.24) is 0 Å². The van der Waals surface area contributed by atoms with Crippen LogP contribution < -0.4 is 0 Å². The van der Waals surface area contributed by atoms with Gasteiger partial charge >= 0.3 is 8.80 Å². The minimum atomic E-state index is -2.55. The highest BCUT2D eigenvalue weighted by atomic mass is 28.4. The summed E-state index contributed by atoms with van der Waals surface area (Å²) in [7, 11) is -2.55. The quantitative estimate of drug-likeness (QED) is 0.442. The number of hydrogen-bond donors (Lipinski definition) is 0. The molecule has 1 unspecified atom stereocenters. The highest BCUT2D eigenvalue weighted by molar-refractivity contribution is 6.63. The Morgan fingerprint density at radius 2 is 1.35 bits per heavy atom. The number of rotatable bonds is 10. The second-order valence-electron chi connectivity index (χ2n) is 3.75. The minimum Gasteiger partial charge on any atom is -0.373 e. The summed E-state index contributed by atoms with van der Waals surface area (Å²) in [5, 5.41) is 0. The number of hydrogen-bond acceptors (Lipinski definition) is 3. The van der Waals surface area contributed by atoms with E-state index in [-0.39, 0.29) is 5.54 Å². The molecule has 17 heavy (non-hydrogen) atoms. The van der Waals surface area contributed by atoms with Crippen LogP contribution in [0.15, 0.2) is 12.2 Å². The van der Waals surface area contributed by atoms with Crippen molar-refractivity contribution in [2.24, 2.45) is 0 Å². The summed E-state index contributed by atoms with van der Waals surface area (Å²) in [6.07, 6.45) is 6.40. The zero-order valence-electron chi connectivity index (χ0n) is 12.0. The molecule has 0 heterocycles.